The van der Waals surface area contributed by atoms with Gasteiger partial charge in [0.2, 0.25) is 0 Å². The number of non-ortho nitro benzene ring substituents is 1. The zero-order valence-corrected chi connectivity index (χ0v) is 9.61. The summed E-state index contributed by atoms with van der Waals surface area (Å²) in [5.41, 5.74) is 1.37. The molecule has 1 N–H and O–H groups in total. The number of hydrogen-bond donors (Lipinski definition) is 1. The predicted molar refractivity (Wildman–Crippen MR) is 67.9 cm³/mol. The molecule has 0 fully saturated rings. The van der Waals surface area contributed by atoms with Gasteiger partial charge < -0.3 is 4.98 Å². The number of nitrogens with one attached hydrogen (secondary N) is 1. The molecule has 0 saturated heterocycles. The first-order chi connectivity index (χ1) is 9.15. The van der Waals surface area contributed by atoms with Crippen LogP contribution in [0.3, 0.4) is 0 Å². The molecule has 0 saturated carbocycles. The molecule has 0 bridgehead atoms. The third-order valence-electron chi connectivity index (χ3n) is 2.75. The molecular formula is C12H8N4O3. The first kappa shape index (κ1) is 11.1. The summed E-state index contributed by atoms with van der Waals surface area (Å²) in [7, 11) is 0. The SMILES string of the molecule is O=c1[nH]cc2ccc(-c3cccc([N+](=O)[O-])c3)nn12. The summed E-state index contributed by atoms with van der Waals surface area (Å²) in [4.78, 5) is 24.3. The highest BCUT2D eigenvalue weighted by molar-refractivity contribution is 5.63. The maximum atomic E-state index is 11.5. The van der Waals surface area contributed by atoms with Crippen LogP contribution in [0, 0.1) is 10.1 Å². The molecule has 0 aliphatic rings. The standard InChI is InChI=1S/C12H8N4O3/c17-12-13-7-10-4-5-11(14-15(10)12)8-2-1-3-9(6-8)16(18)19/h1-7H,(H,13,17). The summed E-state index contributed by atoms with van der Waals surface area (Å²) < 4.78 is 1.22. The van der Waals surface area contributed by atoms with Crippen molar-refractivity contribution < 1.29 is 4.92 Å². The minimum absolute atomic E-state index is 0.0131. The number of nitro benzene ring substituents is 1. The van der Waals surface area contributed by atoms with Gasteiger partial charge in [-0.25, -0.2) is 4.79 Å². The van der Waals surface area contributed by atoms with E-state index in [4.69, 9.17) is 0 Å². The smallest absolute Gasteiger partial charge is 0.311 e. The first-order valence-corrected chi connectivity index (χ1v) is 5.47. The Labute approximate surface area is 106 Å². The Morgan fingerprint density at radius 3 is 2.89 bits per heavy atom. The molecule has 19 heavy (non-hydrogen) atoms. The van der Waals surface area contributed by atoms with E-state index in [0.717, 1.165) is 0 Å². The average Bonchev–Trinajstić information content (AvgIpc) is 2.80. The molecule has 0 unspecified atom stereocenters. The van der Waals surface area contributed by atoms with Crippen LogP contribution in [0.25, 0.3) is 16.8 Å². The van der Waals surface area contributed by atoms with Gasteiger partial charge in [0.05, 0.1) is 16.1 Å². The molecule has 0 aliphatic heterocycles. The zero-order valence-electron chi connectivity index (χ0n) is 9.61. The fourth-order valence-corrected chi connectivity index (χ4v) is 1.84. The summed E-state index contributed by atoms with van der Waals surface area (Å²) in [6.07, 6.45) is 1.55. The van der Waals surface area contributed by atoms with Crippen molar-refractivity contribution in [2.45, 2.75) is 0 Å². The number of benzene rings is 1. The third-order valence-corrected chi connectivity index (χ3v) is 2.75. The lowest BCUT2D eigenvalue weighted by molar-refractivity contribution is -0.384. The second kappa shape index (κ2) is 4.05. The molecule has 0 atom stereocenters. The van der Waals surface area contributed by atoms with Gasteiger partial charge >= 0.3 is 5.69 Å². The Kier molecular flexibility index (Phi) is 2.38. The van der Waals surface area contributed by atoms with E-state index in [0.29, 0.717) is 16.8 Å². The van der Waals surface area contributed by atoms with Gasteiger partial charge in [-0.05, 0) is 12.1 Å². The van der Waals surface area contributed by atoms with Gasteiger partial charge in [0.25, 0.3) is 5.69 Å². The molecule has 2 heterocycles. The molecule has 0 radical (unpaired) electrons. The molecule has 1 aromatic carbocycles. The fourth-order valence-electron chi connectivity index (χ4n) is 1.84. The number of nitrogens with zero attached hydrogens (tertiary/aromatic N) is 3. The topological polar surface area (TPSA) is 93.3 Å². The largest absolute Gasteiger partial charge is 0.346 e. The molecule has 94 valence electrons. The van der Waals surface area contributed by atoms with Crippen LogP contribution in [0.15, 0.2) is 47.4 Å². The number of aromatic nitrogens is 3. The molecule has 2 aromatic heterocycles. The van der Waals surface area contributed by atoms with Crippen LogP contribution < -0.4 is 5.69 Å². The lowest BCUT2D eigenvalue weighted by Gasteiger charge is -2.01. The molecule has 3 rings (SSSR count). The predicted octanol–water partition coefficient (Wildman–Crippen LogP) is 1.60. The van der Waals surface area contributed by atoms with E-state index < -0.39 is 4.92 Å². The average molecular weight is 256 g/mol. The minimum Gasteiger partial charge on any atom is -0.311 e. The molecule has 0 amide bonds. The minimum atomic E-state index is -0.468. The van der Waals surface area contributed by atoms with E-state index in [1.54, 1.807) is 30.5 Å². The Balaban J connectivity index is 2.18. The van der Waals surface area contributed by atoms with Gasteiger partial charge in [0, 0.05) is 23.9 Å². The van der Waals surface area contributed by atoms with Crippen molar-refractivity contribution in [2.75, 3.05) is 0 Å². The highest BCUT2D eigenvalue weighted by Gasteiger charge is 2.09. The van der Waals surface area contributed by atoms with Crippen molar-refractivity contribution in [3.05, 3.63) is 63.2 Å². The number of rotatable bonds is 2. The van der Waals surface area contributed by atoms with E-state index in [9.17, 15) is 14.9 Å². The highest BCUT2D eigenvalue weighted by atomic mass is 16.6. The van der Waals surface area contributed by atoms with Gasteiger partial charge in [0.1, 0.15) is 0 Å². The van der Waals surface area contributed by atoms with Gasteiger partial charge in [-0.15, -0.1) is 0 Å². The monoisotopic (exact) mass is 256 g/mol. The van der Waals surface area contributed by atoms with Crippen LogP contribution in [0.4, 0.5) is 5.69 Å². The number of H-pyrrole nitrogens is 1. The third kappa shape index (κ3) is 1.86. The van der Waals surface area contributed by atoms with Gasteiger partial charge in [0.15, 0.2) is 0 Å². The normalized spacial score (nSPS) is 10.7. The Bertz CT molecular complexity index is 834. The summed E-state index contributed by atoms with van der Waals surface area (Å²) in [5, 5.41) is 14.9. The van der Waals surface area contributed by atoms with Crippen molar-refractivity contribution in [3.63, 3.8) is 0 Å². The van der Waals surface area contributed by atoms with Crippen molar-refractivity contribution in [3.8, 4) is 11.3 Å². The lowest BCUT2D eigenvalue weighted by Crippen LogP contribution is -2.12. The Hall–Kier alpha value is -2.96. The number of imidazole rings is 1. The van der Waals surface area contributed by atoms with Crippen LogP contribution in [-0.4, -0.2) is 19.5 Å². The maximum absolute atomic E-state index is 11.5. The van der Waals surface area contributed by atoms with Gasteiger partial charge in [-0.2, -0.15) is 9.61 Å². The van der Waals surface area contributed by atoms with Crippen LogP contribution in [-0.2, 0) is 0 Å². The number of nitro groups is 1. The van der Waals surface area contributed by atoms with Gasteiger partial charge in [-0.3, -0.25) is 10.1 Å². The molecule has 0 aliphatic carbocycles. The second-order valence-electron chi connectivity index (χ2n) is 3.96. The molecule has 7 heteroatoms. The van der Waals surface area contributed by atoms with Crippen LogP contribution in [0.2, 0.25) is 0 Å². The van der Waals surface area contributed by atoms with E-state index in [-0.39, 0.29) is 11.4 Å². The summed E-state index contributed by atoms with van der Waals surface area (Å²) >= 11 is 0. The number of fused-ring (bicyclic) bond motifs is 1. The number of hydrogen-bond acceptors (Lipinski definition) is 4. The molecule has 0 spiro atoms. The van der Waals surface area contributed by atoms with Gasteiger partial charge in [-0.1, -0.05) is 12.1 Å². The van der Waals surface area contributed by atoms with Crippen molar-refractivity contribution in [2.24, 2.45) is 0 Å². The van der Waals surface area contributed by atoms with Crippen LogP contribution >= 0.6 is 0 Å². The highest BCUT2D eigenvalue weighted by Crippen LogP contribution is 2.21. The summed E-state index contributed by atoms with van der Waals surface area (Å²) in [6.45, 7) is 0. The second-order valence-corrected chi connectivity index (χ2v) is 3.96. The molecule has 7 nitrogen and oxygen atoms in total. The van der Waals surface area contributed by atoms with Crippen molar-refractivity contribution >= 4 is 11.2 Å². The van der Waals surface area contributed by atoms with Crippen molar-refractivity contribution in [1.29, 1.82) is 0 Å². The quantitative estimate of drug-likeness (QED) is 0.556. The van der Waals surface area contributed by atoms with Crippen LogP contribution in [0.5, 0.6) is 0 Å². The van der Waals surface area contributed by atoms with E-state index >= 15 is 0 Å². The lowest BCUT2D eigenvalue weighted by atomic mass is 10.1. The summed E-state index contributed by atoms with van der Waals surface area (Å²) in [5.74, 6) is 0. The summed E-state index contributed by atoms with van der Waals surface area (Å²) in [6, 6.07) is 9.55. The Morgan fingerprint density at radius 1 is 1.26 bits per heavy atom. The fraction of sp³-hybridized carbons (Fsp3) is 0. The zero-order chi connectivity index (χ0) is 13.4. The Morgan fingerprint density at radius 2 is 2.11 bits per heavy atom. The van der Waals surface area contributed by atoms with E-state index in [2.05, 4.69) is 10.1 Å². The maximum Gasteiger partial charge on any atom is 0.346 e. The first-order valence-electron chi connectivity index (χ1n) is 5.47. The van der Waals surface area contributed by atoms with E-state index in [1.165, 1.54) is 16.6 Å². The van der Waals surface area contributed by atoms with Crippen LogP contribution in [0.1, 0.15) is 0 Å². The molecule has 3 aromatic rings. The van der Waals surface area contributed by atoms with Crippen molar-refractivity contribution in [1.82, 2.24) is 14.6 Å². The number of aromatic amines is 1. The molecular weight excluding hydrogens is 248 g/mol. The van der Waals surface area contributed by atoms with E-state index in [1.807, 2.05) is 0 Å².